The van der Waals surface area contributed by atoms with Crippen molar-refractivity contribution in [3.05, 3.63) is 188 Å². The van der Waals surface area contributed by atoms with E-state index in [4.69, 9.17) is 4.42 Å². The second-order valence-electron chi connectivity index (χ2n) is 12.8. The smallest absolute Gasteiger partial charge is 0.161 e. The molecule has 0 saturated carbocycles. The van der Waals surface area contributed by atoms with E-state index >= 15 is 0 Å². The molecule has 0 aliphatic carbocycles. The van der Waals surface area contributed by atoms with Crippen LogP contribution < -0.4 is 4.90 Å². The summed E-state index contributed by atoms with van der Waals surface area (Å²) in [5, 5.41) is 3.54. The first kappa shape index (κ1) is 29.0. The Labute approximate surface area is 295 Å². The molecule has 3 heterocycles. The van der Waals surface area contributed by atoms with E-state index in [1.54, 1.807) is 0 Å². The van der Waals surface area contributed by atoms with E-state index < -0.39 is 0 Å². The zero-order valence-electron chi connectivity index (χ0n) is 27.6. The Morgan fingerprint density at radius 2 is 0.941 bits per heavy atom. The summed E-state index contributed by atoms with van der Waals surface area (Å²) in [4.78, 5) is 6.98. The molecule has 10 aromatic rings. The molecule has 0 atom stereocenters. The fraction of sp³-hybridized carbons (Fsp3) is 0. The Morgan fingerprint density at radius 1 is 0.431 bits per heavy atom. The van der Waals surface area contributed by atoms with Crippen LogP contribution in [0.25, 0.3) is 71.8 Å². The average Bonchev–Trinajstić information content (AvgIpc) is 3.75. The van der Waals surface area contributed by atoms with E-state index in [0.29, 0.717) is 0 Å². The van der Waals surface area contributed by atoms with Crippen LogP contribution in [-0.4, -0.2) is 9.55 Å². The average molecular weight is 654 g/mol. The minimum absolute atomic E-state index is 0.806. The van der Waals surface area contributed by atoms with Gasteiger partial charge in [0.15, 0.2) is 5.58 Å². The number of furan rings is 1. The summed E-state index contributed by atoms with van der Waals surface area (Å²) in [5.41, 5.74) is 13.8. The molecule has 0 saturated heterocycles. The maximum atomic E-state index is 6.32. The fourth-order valence-electron chi connectivity index (χ4n) is 7.45. The summed E-state index contributed by atoms with van der Waals surface area (Å²) < 4.78 is 8.68. The molecule has 4 nitrogen and oxygen atoms in total. The van der Waals surface area contributed by atoms with E-state index in [-0.39, 0.29) is 0 Å². The zero-order valence-corrected chi connectivity index (χ0v) is 27.6. The number of aromatic nitrogens is 2. The van der Waals surface area contributed by atoms with E-state index in [9.17, 15) is 0 Å². The van der Waals surface area contributed by atoms with E-state index in [1.165, 1.54) is 32.9 Å². The van der Waals surface area contributed by atoms with Crippen molar-refractivity contribution in [2.45, 2.75) is 0 Å². The predicted octanol–water partition coefficient (Wildman–Crippen LogP) is 12.9. The van der Waals surface area contributed by atoms with Crippen molar-refractivity contribution in [1.29, 1.82) is 0 Å². The van der Waals surface area contributed by atoms with Crippen LogP contribution in [0.4, 0.5) is 17.1 Å². The molecule has 7 aromatic carbocycles. The SMILES string of the molecule is c1ccc(-c2ccc(N(c3ccc(-c4ccnc5c4oc4ccccc45)cc3)c3ccc(-n4c5ccccc5c5ccccc54)cc3)cc2)cc1. The first-order valence-electron chi connectivity index (χ1n) is 17.2. The minimum Gasteiger partial charge on any atom is -0.454 e. The monoisotopic (exact) mass is 653 g/mol. The highest BCUT2D eigenvalue weighted by molar-refractivity contribution is 6.09. The second-order valence-corrected chi connectivity index (χ2v) is 12.8. The van der Waals surface area contributed by atoms with Crippen LogP contribution in [0.3, 0.4) is 0 Å². The van der Waals surface area contributed by atoms with Gasteiger partial charge in [-0.2, -0.15) is 0 Å². The number of benzene rings is 7. The first-order valence-corrected chi connectivity index (χ1v) is 17.2. The molecule has 0 spiro atoms. The Bertz CT molecular complexity index is 2780. The van der Waals surface area contributed by atoms with Crippen molar-refractivity contribution in [3.63, 3.8) is 0 Å². The molecule has 51 heavy (non-hydrogen) atoms. The van der Waals surface area contributed by atoms with Crippen molar-refractivity contribution in [3.8, 4) is 27.9 Å². The van der Waals surface area contributed by atoms with Gasteiger partial charge in [0.1, 0.15) is 11.1 Å². The lowest BCUT2D eigenvalue weighted by atomic mass is 10.0. The number of pyridine rings is 1. The maximum absolute atomic E-state index is 6.32. The molecule has 0 amide bonds. The third kappa shape index (κ3) is 4.88. The Morgan fingerprint density at radius 3 is 1.59 bits per heavy atom. The van der Waals surface area contributed by atoms with Crippen molar-refractivity contribution < 1.29 is 4.42 Å². The van der Waals surface area contributed by atoms with Gasteiger partial charge in [0.2, 0.25) is 0 Å². The van der Waals surface area contributed by atoms with Gasteiger partial charge in [0.25, 0.3) is 0 Å². The largest absolute Gasteiger partial charge is 0.454 e. The molecule has 0 bridgehead atoms. The summed E-state index contributed by atoms with van der Waals surface area (Å²) >= 11 is 0. The number of hydrogen-bond acceptors (Lipinski definition) is 3. The molecular formula is C47H31N3O. The molecule has 0 fully saturated rings. The molecule has 3 aromatic heterocycles. The van der Waals surface area contributed by atoms with Crippen molar-refractivity contribution in [2.24, 2.45) is 0 Å². The van der Waals surface area contributed by atoms with Gasteiger partial charge in [0, 0.05) is 50.7 Å². The molecule has 0 radical (unpaired) electrons. The van der Waals surface area contributed by atoms with Crippen LogP contribution in [0.1, 0.15) is 0 Å². The Kier molecular flexibility index (Phi) is 6.78. The lowest BCUT2D eigenvalue weighted by Crippen LogP contribution is -2.10. The lowest BCUT2D eigenvalue weighted by molar-refractivity contribution is 0.669. The summed E-state index contributed by atoms with van der Waals surface area (Å²) in [6, 6.07) is 64.3. The van der Waals surface area contributed by atoms with Crippen LogP contribution in [-0.2, 0) is 0 Å². The zero-order chi connectivity index (χ0) is 33.7. The molecule has 0 N–H and O–H groups in total. The molecule has 0 aliphatic rings. The van der Waals surface area contributed by atoms with Gasteiger partial charge < -0.3 is 13.9 Å². The Hall–Kier alpha value is -6.91. The third-order valence-corrected chi connectivity index (χ3v) is 9.87. The van der Waals surface area contributed by atoms with Crippen molar-refractivity contribution in [2.75, 3.05) is 4.90 Å². The van der Waals surface area contributed by atoms with Gasteiger partial charge in [0.05, 0.1) is 11.0 Å². The standard InChI is InChI=1S/C47H31N3O/c1-2-10-32(11-3-1)33-18-22-35(23-19-33)49(36-24-20-34(21-25-36)39-30-31-48-46-42-14-6-9-17-45(42)51-47(39)46)37-26-28-38(29-27-37)50-43-15-7-4-12-40(43)41-13-5-8-16-44(41)50/h1-31H. The normalized spacial score (nSPS) is 11.5. The van der Waals surface area contributed by atoms with Crippen LogP contribution in [0.5, 0.6) is 0 Å². The van der Waals surface area contributed by atoms with Crippen LogP contribution in [0.2, 0.25) is 0 Å². The van der Waals surface area contributed by atoms with Gasteiger partial charge >= 0.3 is 0 Å². The summed E-state index contributed by atoms with van der Waals surface area (Å²) in [5.74, 6) is 0. The van der Waals surface area contributed by atoms with Gasteiger partial charge in [-0.05, 0) is 95.6 Å². The van der Waals surface area contributed by atoms with Gasteiger partial charge in [-0.3, -0.25) is 4.98 Å². The number of nitrogens with zero attached hydrogens (tertiary/aromatic N) is 3. The highest BCUT2D eigenvalue weighted by Gasteiger charge is 2.17. The third-order valence-electron chi connectivity index (χ3n) is 9.87. The maximum Gasteiger partial charge on any atom is 0.161 e. The van der Waals surface area contributed by atoms with Gasteiger partial charge in [-0.1, -0.05) is 103 Å². The number of hydrogen-bond donors (Lipinski definition) is 0. The second kappa shape index (κ2) is 11.9. The Balaban J connectivity index is 1.07. The highest BCUT2D eigenvalue weighted by Crippen LogP contribution is 2.40. The minimum atomic E-state index is 0.806. The quantitative estimate of drug-likeness (QED) is 0.179. The van der Waals surface area contributed by atoms with Crippen molar-refractivity contribution in [1.82, 2.24) is 9.55 Å². The predicted molar refractivity (Wildman–Crippen MR) is 211 cm³/mol. The molecule has 10 rings (SSSR count). The van der Waals surface area contributed by atoms with E-state index in [1.807, 2.05) is 30.5 Å². The number of anilines is 3. The van der Waals surface area contributed by atoms with Crippen LogP contribution in [0.15, 0.2) is 193 Å². The summed E-state index contributed by atoms with van der Waals surface area (Å²) in [6.45, 7) is 0. The molecule has 0 aliphatic heterocycles. The number of rotatable bonds is 6. The molecule has 4 heteroatoms. The van der Waals surface area contributed by atoms with E-state index in [2.05, 4.69) is 172 Å². The first-order chi connectivity index (χ1) is 25.3. The highest BCUT2D eigenvalue weighted by atomic mass is 16.3. The van der Waals surface area contributed by atoms with Crippen LogP contribution in [0, 0.1) is 0 Å². The van der Waals surface area contributed by atoms with Crippen LogP contribution >= 0.6 is 0 Å². The number of fused-ring (bicyclic) bond motifs is 6. The lowest BCUT2D eigenvalue weighted by Gasteiger charge is -2.26. The molecular weight excluding hydrogens is 623 g/mol. The molecule has 0 unspecified atom stereocenters. The topological polar surface area (TPSA) is 34.2 Å². The van der Waals surface area contributed by atoms with Gasteiger partial charge in [-0.25, -0.2) is 0 Å². The van der Waals surface area contributed by atoms with E-state index in [0.717, 1.165) is 55.9 Å². The van der Waals surface area contributed by atoms with Crippen molar-refractivity contribution >= 4 is 60.9 Å². The number of para-hydroxylation sites is 3. The fourth-order valence-corrected chi connectivity index (χ4v) is 7.45. The summed E-state index contributed by atoms with van der Waals surface area (Å²) in [7, 11) is 0. The summed E-state index contributed by atoms with van der Waals surface area (Å²) in [6.07, 6.45) is 1.87. The van der Waals surface area contributed by atoms with Gasteiger partial charge in [-0.15, -0.1) is 0 Å². The molecule has 240 valence electrons.